The predicted molar refractivity (Wildman–Crippen MR) is 57.2 cm³/mol. The largest absolute Gasteiger partial charge is 0.302 e. The maximum absolute atomic E-state index is 10.5. The summed E-state index contributed by atoms with van der Waals surface area (Å²) in [4.78, 5) is 10.5. The van der Waals surface area contributed by atoms with Crippen molar-refractivity contribution >= 4 is 29.2 Å². The number of rotatable bonds is 4. The molecule has 1 atom stereocenters. The van der Waals surface area contributed by atoms with E-state index in [9.17, 15) is 4.79 Å². The number of carbonyl (C=O) groups excluding carboxylic acids is 1. The van der Waals surface area contributed by atoms with E-state index in [4.69, 9.17) is 0 Å². The maximum Gasteiger partial charge on any atom is 0.137 e. The first-order chi connectivity index (χ1) is 5.86. The van der Waals surface area contributed by atoms with Crippen molar-refractivity contribution in [3.63, 3.8) is 0 Å². The van der Waals surface area contributed by atoms with Gasteiger partial charge in [-0.25, -0.2) is 0 Å². The molecule has 0 aliphatic rings. The normalized spacial score (nSPS) is 12.4. The third-order valence-electron chi connectivity index (χ3n) is 1.60. The molecule has 0 aliphatic carbocycles. The van der Waals surface area contributed by atoms with Gasteiger partial charge in [0, 0.05) is 22.9 Å². The van der Waals surface area contributed by atoms with Crippen molar-refractivity contribution in [2.24, 2.45) is 0 Å². The minimum Gasteiger partial charge on any atom is -0.302 e. The molecule has 12 heavy (non-hydrogen) atoms. The number of carbonyl (C=O) groups is 1. The highest BCUT2D eigenvalue weighted by Crippen LogP contribution is 2.02. The lowest BCUT2D eigenvalue weighted by Crippen LogP contribution is -2.24. The minimum absolute atomic E-state index is 0.0759. The molecule has 0 bridgehead atoms. The molecule has 2 nitrogen and oxygen atoms in total. The first-order valence-corrected chi connectivity index (χ1v) is 4.80. The lowest BCUT2D eigenvalue weighted by Gasteiger charge is -2.06. The molecule has 1 N–H and O–H groups in total. The van der Waals surface area contributed by atoms with Gasteiger partial charge in [0.15, 0.2) is 0 Å². The zero-order chi connectivity index (χ0) is 8.81. The molecule has 0 unspecified atom stereocenters. The first kappa shape index (κ1) is 9.67. The summed E-state index contributed by atoms with van der Waals surface area (Å²) in [6.07, 6.45) is 1.69. The van der Waals surface area contributed by atoms with Crippen LogP contribution >= 0.6 is 22.9 Å². The summed E-state index contributed by atoms with van der Waals surface area (Å²) in [5.74, 6) is 0. The average Bonchev–Trinajstić information content (AvgIpc) is 2.16. The van der Waals surface area contributed by atoms with E-state index in [1.807, 2.05) is 53.2 Å². The van der Waals surface area contributed by atoms with Crippen LogP contribution < -0.4 is 3.53 Å². The Morgan fingerprint density at radius 2 is 2.08 bits per heavy atom. The van der Waals surface area contributed by atoms with Crippen LogP contribution in [0.1, 0.15) is 5.56 Å². The van der Waals surface area contributed by atoms with Crippen molar-refractivity contribution in [1.82, 2.24) is 3.53 Å². The summed E-state index contributed by atoms with van der Waals surface area (Å²) in [6.45, 7) is 0. The van der Waals surface area contributed by atoms with Gasteiger partial charge in [0.25, 0.3) is 0 Å². The van der Waals surface area contributed by atoms with Crippen LogP contribution in [0, 0.1) is 0 Å². The molecule has 1 aromatic rings. The Balaban J connectivity index is 2.56. The fraction of sp³-hybridized carbons (Fsp3) is 0.222. The highest BCUT2D eigenvalue weighted by molar-refractivity contribution is 14.1. The SMILES string of the molecule is O=C[C@H](Cc1ccccc1)NI. The van der Waals surface area contributed by atoms with Crippen molar-refractivity contribution < 1.29 is 4.79 Å². The molecule has 0 saturated heterocycles. The third kappa shape index (κ3) is 2.91. The number of nitrogens with one attached hydrogen (secondary N) is 1. The molecule has 3 heteroatoms. The number of hydrogen-bond donors (Lipinski definition) is 1. The average molecular weight is 275 g/mol. The summed E-state index contributed by atoms with van der Waals surface area (Å²) in [7, 11) is 0. The summed E-state index contributed by atoms with van der Waals surface area (Å²) in [5, 5.41) is 0. The van der Waals surface area contributed by atoms with Crippen LogP contribution in [-0.4, -0.2) is 12.3 Å². The van der Waals surface area contributed by atoms with E-state index in [1.165, 1.54) is 5.56 Å². The zero-order valence-corrected chi connectivity index (χ0v) is 8.69. The summed E-state index contributed by atoms with van der Waals surface area (Å²) >= 11 is 2.00. The Labute approximate surface area is 85.9 Å². The van der Waals surface area contributed by atoms with Crippen molar-refractivity contribution in [3.05, 3.63) is 35.9 Å². The fourth-order valence-electron chi connectivity index (χ4n) is 0.980. The molecule has 0 saturated carbocycles. The molecule has 0 radical (unpaired) electrons. The van der Waals surface area contributed by atoms with Crippen molar-refractivity contribution in [2.45, 2.75) is 12.5 Å². The molecule has 1 aromatic carbocycles. The molecule has 0 aromatic heterocycles. The van der Waals surface area contributed by atoms with Gasteiger partial charge in [-0.2, -0.15) is 0 Å². The van der Waals surface area contributed by atoms with Gasteiger partial charge in [0.05, 0.1) is 6.04 Å². The van der Waals surface area contributed by atoms with Gasteiger partial charge in [-0.1, -0.05) is 30.3 Å². The van der Waals surface area contributed by atoms with E-state index in [0.29, 0.717) is 0 Å². The lowest BCUT2D eigenvalue weighted by molar-refractivity contribution is -0.109. The number of benzene rings is 1. The Bertz CT molecular complexity index is 238. The summed E-state index contributed by atoms with van der Waals surface area (Å²) in [6, 6.07) is 9.88. The molecule has 0 spiro atoms. The Morgan fingerprint density at radius 1 is 1.42 bits per heavy atom. The number of hydrogen-bond acceptors (Lipinski definition) is 2. The monoisotopic (exact) mass is 275 g/mol. The van der Waals surface area contributed by atoms with Gasteiger partial charge in [-0.05, 0) is 12.0 Å². The number of aldehydes is 1. The van der Waals surface area contributed by atoms with Gasteiger partial charge in [-0.15, -0.1) is 0 Å². The zero-order valence-electron chi connectivity index (χ0n) is 6.53. The van der Waals surface area contributed by atoms with E-state index < -0.39 is 0 Å². The van der Waals surface area contributed by atoms with Crippen molar-refractivity contribution in [2.75, 3.05) is 0 Å². The molecular formula is C9H10INO. The molecule has 0 heterocycles. The van der Waals surface area contributed by atoms with Gasteiger partial charge in [-0.3, -0.25) is 3.53 Å². The van der Waals surface area contributed by atoms with E-state index in [-0.39, 0.29) is 6.04 Å². The molecule has 0 aliphatic heterocycles. The van der Waals surface area contributed by atoms with Crippen LogP contribution in [0.25, 0.3) is 0 Å². The maximum atomic E-state index is 10.5. The quantitative estimate of drug-likeness (QED) is 0.515. The molecule has 1 rings (SSSR count). The highest BCUT2D eigenvalue weighted by Gasteiger charge is 2.04. The van der Waals surface area contributed by atoms with Crippen LogP contribution in [0.4, 0.5) is 0 Å². The molecule has 64 valence electrons. The van der Waals surface area contributed by atoms with Gasteiger partial charge >= 0.3 is 0 Å². The topological polar surface area (TPSA) is 29.1 Å². The van der Waals surface area contributed by atoms with Crippen LogP contribution in [-0.2, 0) is 11.2 Å². The Hall–Kier alpha value is -0.420. The predicted octanol–water partition coefficient (Wildman–Crippen LogP) is 1.74. The second kappa shape index (κ2) is 5.27. The first-order valence-electron chi connectivity index (χ1n) is 3.72. The lowest BCUT2D eigenvalue weighted by atomic mass is 10.1. The van der Waals surface area contributed by atoms with Crippen LogP contribution in [0.15, 0.2) is 30.3 Å². The Kier molecular flexibility index (Phi) is 4.24. The van der Waals surface area contributed by atoms with Crippen molar-refractivity contribution in [1.29, 1.82) is 0 Å². The van der Waals surface area contributed by atoms with E-state index in [1.54, 1.807) is 0 Å². The standard InChI is InChI=1S/C9H10INO/c10-11-9(7-12)6-8-4-2-1-3-5-8/h1-5,7,9,11H,6H2/t9-/m0/s1. The van der Waals surface area contributed by atoms with E-state index in [0.717, 1.165) is 12.7 Å². The smallest absolute Gasteiger partial charge is 0.137 e. The second-order valence-electron chi connectivity index (χ2n) is 2.54. The Morgan fingerprint density at radius 3 is 2.58 bits per heavy atom. The van der Waals surface area contributed by atoms with Gasteiger partial charge < -0.3 is 4.79 Å². The van der Waals surface area contributed by atoms with Crippen molar-refractivity contribution in [3.8, 4) is 0 Å². The summed E-state index contributed by atoms with van der Waals surface area (Å²) in [5.41, 5.74) is 1.18. The molecule has 0 amide bonds. The van der Waals surface area contributed by atoms with E-state index in [2.05, 4.69) is 3.53 Å². The van der Waals surface area contributed by atoms with Crippen LogP contribution in [0.2, 0.25) is 0 Å². The number of halogens is 1. The third-order valence-corrected chi connectivity index (χ3v) is 2.40. The van der Waals surface area contributed by atoms with Crippen LogP contribution in [0.5, 0.6) is 0 Å². The van der Waals surface area contributed by atoms with E-state index >= 15 is 0 Å². The fourth-order valence-corrected chi connectivity index (χ4v) is 1.35. The summed E-state index contributed by atoms with van der Waals surface area (Å²) < 4.78 is 2.90. The molecular weight excluding hydrogens is 265 g/mol. The van der Waals surface area contributed by atoms with Gasteiger partial charge in [0.2, 0.25) is 0 Å². The highest BCUT2D eigenvalue weighted by atomic mass is 127. The minimum atomic E-state index is -0.0759. The second-order valence-corrected chi connectivity index (χ2v) is 3.16. The van der Waals surface area contributed by atoms with Gasteiger partial charge in [0.1, 0.15) is 6.29 Å². The van der Waals surface area contributed by atoms with Crippen LogP contribution in [0.3, 0.4) is 0 Å². The molecule has 0 fully saturated rings.